The molecule has 2 aromatic carbocycles. The summed E-state index contributed by atoms with van der Waals surface area (Å²) in [6, 6.07) is 20.5. The fraction of sp³-hybridized carbons (Fsp3) is 0.0476. The van der Waals surface area contributed by atoms with Gasteiger partial charge in [0, 0.05) is 10.6 Å². The normalized spacial score (nSPS) is 14.3. The van der Waals surface area contributed by atoms with Crippen LogP contribution in [-0.4, -0.2) is 11.8 Å². The number of imide groups is 1. The molecule has 0 saturated heterocycles. The molecule has 2 heterocycles. The lowest BCUT2D eigenvalue weighted by atomic mass is 10.2. The Balaban J connectivity index is 1.81. The van der Waals surface area contributed by atoms with Crippen molar-refractivity contribution in [2.75, 3.05) is 10.2 Å². The molecule has 2 amide bonds. The standard InChI is InChI=1S/C21H16N2O2S/c1-14-7-5-10-16(13-14)23-20(24)18(17-11-6-12-26-17)19(21(23)25)22-15-8-3-2-4-9-15/h2-13,22H,1H3. The van der Waals surface area contributed by atoms with E-state index < -0.39 is 0 Å². The van der Waals surface area contributed by atoms with Gasteiger partial charge in [-0.15, -0.1) is 11.3 Å². The van der Waals surface area contributed by atoms with Gasteiger partial charge in [-0.2, -0.15) is 0 Å². The first-order chi connectivity index (χ1) is 12.6. The Bertz CT molecular complexity index is 1010. The Hall–Kier alpha value is -3.18. The van der Waals surface area contributed by atoms with E-state index in [1.165, 1.54) is 16.2 Å². The number of carbonyl (C=O) groups is 2. The number of anilines is 2. The lowest BCUT2D eigenvalue weighted by Crippen LogP contribution is -2.32. The number of carbonyl (C=O) groups excluding carboxylic acids is 2. The van der Waals surface area contributed by atoms with Crippen LogP contribution in [-0.2, 0) is 9.59 Å². The molecule has 4 nitrogen and oxygen atoms in total. The van der Waals surface area contributed by atoms with E-state index in [1.54, 1.807) is 6.07 Å². The molecule has 0 atom stereocenters. The maximum atomic E-state index is 13.1. The van der Waals surface area contributed by atoms with Crippen LogP contribution in [0.15, 0.2) is 77.8 Å². The zero-order valence-corrected chi connectivity index (χ0v) is 14.9. The van der Waals surface area contributed by atoms with E-state index in [1.807, 2.05) is 73.0 Å². The van der Waals surface area contributed by atoms with Crippen LogP contribution in [0.2, 0.25) is 0 Å². The lowest BCUT2D eigenvalue weighted by Gasteiger charge is -2.15. The SMILES string of the molecule is Cc1cccc(N2C(=O)C(Nc3ccccc3)=C(c3cccs3)C2=O)c1. The van der Waals surface area contributed by atoms with Crippen LogP contribution in [0.3, 0.4) is 0 Å². The summed E-state index contributed by atoms with van der Waals surface area (Å²) in [5.41, 5.74) is 3.06. The molecule has 5 heteroatoms. The highest BCUT2D eigenvalue weighted by atomic mass is 32.1. The Morgan fingerprint density at radius 3 is 2.38 bits per heavy atom. The molecular weight excluding hydrogens is 344 g/mol. The third-order valence-corrected chi connectivity index (χ3v) is 5.04. The molecule has 0 fully saturated rings. The van der Waals surface area contributed by atoms with E-state index in [0.29, 0.717) is 17.0 Å². The molecule has 0 radical (unpaired) electrons. The average molecular weight is 360 g/mol. The van der Waals surface area contributed by atoms with Crippen molar-refractivity contribution in [3.05, 3.63) is 88.2 Å². The molecule has 1 aromatic heterocycles. The molecule has 1 N–H and O–H groups in total. The zero-order chi connectivity index (χ0) is 18.1. The second-order valence-electron chi connectivity index (χ2n) is 6.00. The van der Waals surface area contributed by atoms with Gasteiger partial charge in [0.15, 0.2) is 0 Å². The third-order valence-electron chi connectivity index (χ3n) is 4.15. The first-order valence-electron chi connectivity index (χ1n) is 8.21. The highest BCUT2D eigenvalue weighted by Crippen LogP contribution is 2.35. The minimum Gasteiger partial charge on any atom is -0.350 e. The fourth-order valence-electron chi connectivity index (χ4n) is 2.96. The second kappa shape index (κ2) is 6.61. The van der Waals surface area contributed by atoms with Gasteiger partial charge in [0.25, 0.3) is 11.8 Å². The summed E-state index contributed by atoms with van der Waals surface area (Å²) in [7, 11) is 0. The largest absolute Gasteiger partial charge is 0.350 e. The van der Waals surface area contributed by atoms with Crippen molar-refractivity contribution in [2.24, 2.45) is 0 Å². The van der Waals surface area contributed by atoms with E-state index in [4.69, 9.17) is 0 Å². The summed E-state index contributed by atoms with van der Waals surface area (Å²) in [4.78, 5) is 28.3. The number of thiophene rings is 1. The van der Waals surface area contributed by atoms with Crippen molar-refractivity contribution in [2.45, 2.75) is 6.92 Å². The minimum atomic E-state index is -0.340. The summed E-state index contributed by atoms with van der Waals surface area (Å²) < 4.78 is 0. The molecule has 1 aliphatic rings. The summed E-state index contributed by atoms with van der Waals surface area (Å²) in [5.74, 6) is -0.644. The van der Waals surface area contributed by atoms with Gasteiger partial charge in [-0.05, 0) is 48.2 Å². The van der Waals surface area contributed by atoms with Gasteiger partial charge in [0.05, 0.1) is 11.3 Å². The fourth-order valence-corrected chi connectivity index (χ4v) is 3.73. The van der Waals surface area contributed by atoms with Gasteiger partial charge >= 0.3 is 0 Å². The first-order valence-corrected chi connectivity index (χ1v) is 9.09. The Morgan fingerprint density at radius 1 is 0.885 bits per heavy atom. The number of para-hydroxylation sites is 1. The van der Waals surface area contributed by atoms with Crippen LogP contribution < -0.4 is 10.2 Å². The third kappa shape index (κ3) is 2.82. The van der Waals surface area contributed by atoms with E-state index in [-0.39, 0.29) is 11.8 Å². The Labute approximate surface area is 155 Å². The van der Waals surface area contributed by atoms with E-state index in [9.17, 15) is 9.59 Å². The van der Waals surface area contributed by atoms with Crippen LogP contribution in [0, 0.1) is 6.92 Å². The van der Waals surface area contributed by atoms with Crippen molar-refractivity contribution in [3.8, 4) is 0 Å². The summed E-state index contributed by atoms with van der Waals surface area (Å²) >= 11 is 1.44. The number of hydrogen-bond acceptors (Lipinski definition) is 4. The van der Waals surface area contributed by atoms with Crippen LogP contribution in [0.1, 0.15) is 10.4 Å². The van der Waals surface area contributed by atoms with Gasteiger partial charge < -0.3 is 5.32 Å². The molecule has 0 saturated carbocycles. The number of benzene rings is 2. The van der Waals surface area contributed by atoms with Crippen LogP contribution in [0.5, 0.6) is 0 Å². The summed E-state index contributed by atoms with van der Waals surface area (Å²) in [5, 5.41) is 5.05. The predicted molar refractivity (Wildman–Crippen MR) is 105 cm³/mol. The second-order valence-corrected chi connectivity index (χ2v) is 6.95. The van der Waals surface area contributed by atoms with Gasteiger partial charge in [-0.1, -0.05) is 36.4 Å². The summed E-state index contributed by atoms with van der Waals surface area (Å²) in [6.07, 6.45) is 0. The molecule has 4 rings (SSSR count). The maximum absolute atomic E-state index is 13.1. The number of nitrogens with one attached hydrogen (secondary N) is 1. The van der Waals surface area contributed by atoms with Crippen molar-refractivity contribution in [3.63, 3.8) is 0 Å². The van der Waals surface area contributed by atoms with Gasteiger partial charge in [0.1, 0.15) is 5.70 Å². The molecule has 3 aromatic rings. The molecule has 26 heavy (non-hydrogen) atoms. The number of rotatable bonds is 4. The van der Waals surface area contributed by atoms with Crippen LogP contribution in [0.4, 0.5) is 11.4 Å². The van der Waals surface area contributed by atoms with Crippen molar-refractivity contribution in [1.82, 2.24) is 0 Å². The minimum absolute atomic E-state index is 0.304. The van der Waals surface area contributed by atoms with Crippen LogP contribution in [0.25, 0.3) is 5.57 Å². The van der Waals surface area contributed by atoms with E-state index >= 15 is 0 Å². The number of hydrogen-bond donors (Lipinski definition) is 1. The lowest BCUT2D eigenvalue weighted by molar-refractivity contribution is -0.120. The van der Waals surface area contributed by atoms with Gasteiger partial charge in [0.2, 0.25) is 0 Å². The van der Waals surface area contributed by atoms with Crippen molar-refractivity contribution >= 4 is 40.1 Å². The molecule has 0 unspecified atom stereocenters. The molecule has 0 spiro atoms. The van der Waals surface area contributed by atoms with Gasteiger partial charge in [-0.3, -0.25) is 9.59 Å². The molecule has 0 bridgehead atoms. The van der Waals surface area contributed by atoms with E-state index in [0.717, 1.165) is 16.1 Å². The topological polar surface area (TPSA) is 49.4 Å². The number of amides is 2. The van der Waals surface area contributed by atoms with E-state index in [2.05, 4.69) is 5.32 Å². The highest BCUT2D eigenvalue weighted by Gasteiger charge is 2.40. The monoisotopic (exact) mass is 360 g/mol. The Kier molecular flexibility index (Phi) is 4.14. The van der Waals surface area contributed by atoms with Crippen LogP contribution >= 0.6 is 11.3 Å². The molecular formula is C21H16N2O2S. The van der Waals surface area contributed by atoms with Crippen molar-refractivity contribution in [1.29, 1.82) is 0 Å². The Morgan fingerprint density at radius 2 is 1.69 bits per heavy atom. The predicted octanol–water partition coefficient (Wildman–Crippen LogP) is 4.45. The average Bonchev–Trinajstić information content (AvgIpc) is 3.23. The number of nitrogens with zero attached hydrogens (tertiary/aromatic N) is 1. The van der Waals surface area contributed by atoms with Gasteiger partial charge in [-0.25, -0.2) is 4.90 Å². The molecule has 1 aliphatic heterocycles. The van der Waals surface area contributed by atoms with Crippen molar-refractivity contribution < 1.29 is 9.59 Å². The zero-order valence-electron chi connectivity index (χ0n) is 14.1. The molecule has 128 valence electrons. The first kappa shape index (κ1) is 16.3. The quantitative estimate of drug-likeness (QED) is 0.699. The summed E-state index contributed by atoms with van der Waals surface area (Å²) in [6.45, 7) is 1.94. The number of aryl methyl sites for hydroxylation is 1. The smallest absolute Gasteiger partial charge is 0.282 e. The molecule has 0 aliphatic carbocycles. The highest BCUT2D eigenvalue weighted by molar-refractivity contribution is 7.11. The maximum Gasteiger partial charge on any atom is 0.282 e.